The van der Waals surface area contributed by atoms with Crippen LogP contribution in [-0.2, 0) is 9.53 Å². The summed E-state index contributed by atoms with van der Waals surface area (Å²) in [5.74, 6) is -0.0772. The predicted octanol–water partition coefficient (Wildman–Crippen LogP) is 1.44. The second kappa shape index (κ2) is 7.67. The molecule has 1 aliphatic carbocycles. The number of amides is 1. The Morgan fingerprint density at radius 1 is 1.41 bits per heavy atom. The molecule has 1 rings (SSSR count). The fraction of sp³-hybridized carbons (Fsp3) is 0.923. The molecule has 1 amide bonds. The summed E-state index contributed by atoms with van der Waals surface area (Å²) in [6.45, 7) is 5.14. The molecule has 4 heteroatoms. The highest BCUT2D eigenvalue weighted by atomic mass is 16.5. The van der Waals surface area contributed by atoms with Crippen molar-refractivity contribution in [3.05, 3.63) is 0 Å². The second-order valence-corrected chi connectivity index (χ2v) is 5.07. The van der Waals surface area contributed by atoms with E-state index in [1.54, 1.807) is 0 Å². The van der Waals surface area contributed by atoms with Crippen LogP contribution < -0.4 is 11.1 Å². The summed E-state index contributed by atoms with van der Waals surface area (Å²) in [6, 6.07) is -0.0928. The van der Waals surface area contributed by atoms with E-state index in [2.05, 4.69) is 5.32 Å². The SMILES string of the molecule is CC(N)C(C)C(=O)NCCCOC1CCCC1. The van der Waals surface area contributed by atoms with Gasteiger partial charge in [0, 0.05) is 25.1 Å². The van der Waals surface area contributed by atoms with Crippen molar-refractivity contribution in [1.82, 2.24) is 5.32 Å². The summed E-state index contributed by atoms with van der Waals surface area (Å²) in [6.07, 6.45) is 6.35. The van der Waals surface area contributed by atoms with E-state index in [1.807, 2.05) is 13.8 Å². The Morgan fingerprint density at radius 2 is 2.06 bits per heavy atom. The third kappa shape index (κ3) is 5.50. The highest BCUT2D eigenvalue weighted by molar-refractivity contribution is 5.78. The van der Waals surface area contributed by atoms with E-state index in [0.717, 1.165) is 13.0 Å². The first-order chi connectivity index (χ1) is 8.11. The molecule has 3 N–H and O–H groups in total. The van der Waals surface area contributed by atoms with E-state index in [0.29, 0.717) is 12.6 Å². The van der Waals surface area contributed by atoms with Gasteiger partial charge >= 0.3 is 0 Å². The molecular weight excluding hydrogens is 216 g/mol. The number of carbonyl (C=O) groups excluding carboxylic acids is 1. The van der Waals surface area contributed by atoms with Gasteiger partial charge in [0.05, 0.1) is 6.10 Å². The van der Waals surface area contributed by atoms with Gasteiger partial charge in [-0.25, -0.2) is 0 Å². The quantitative estimate of drug-likeness (QED) is 0.664. The summed E-state index contributed by atoms with van der Waals surface area (Å²) in [5, 5.41) is 2.89. The van der Waals surface area contributed by atoms with E-state index >= 15 is 0 Å². The maximum Gasteiger partial charge on any atom is 0.224 e. The van der Waals surface area contributed by atoms with Crippen molar-refractivity contribution in [2.45, 2.75) is 58.1 Å². The Balaban J connectivity index is 1.98. The lowest BCUT2D eigenvalue weighted by Gasteiger charge is -2.15. The number of nitrogens with two attached hydrogens (primary N) is 1. The molecule has 2 unspecified atom stereocenters. The molecule has 1 aliphatic rings. The maximum absolute atomic E-state index is 11.6. The third-order valence-corrected chi connectivity index (χ3v) is 3.48. The summed E-state index contributed by atoms with van der Waals surface area (Å²) in [4.78, 5) is 11.6. The van der Waals surface area contributed by atoms with Crippen molar-refractivity contribution in [1.29, 1.82) is 0 Å². The van der Waals surface area contributed by atoms with E-state index in [1.165, 1.54) is 25.7 Å². The van der Waals surface area contributed by atoms with Crippen LogP contribution in [0.25, 0.3) is 0 Å². The van der Waals surface area contributed by atoms with Crippen LogP contribution in [0.15, 0.2) is 0 Å². The van der Waals surface area contributed by atoms with E-state index < -0.39 is 0 Å². The van der Waals surface area contributed by atoms with Crippen molar-refractivity contribution in [2.24, 2.45) is 11.7 Å². The highest BCUT2D eigenvalue weighted by Crippen LogP contribution is 2.20. The Labute approximate surface area is 104 Å². The lowest BCUT2D eigenvalue weighted by molar-refractivity contribution is -0.124. The number of ether oxygens (including phenoxy) is 1. The van der Waals surface area contributed by atoms with Gasteiger partial charge in [0.1, 0.15) is 0 Å². The Kier molecular flexibility index (Phi) is 6.52. The number of hydrogen-bond donors (Lipinski definition) is 2. The molecule has 0 aromatic heterocycles. The van der Waals surface area contributed by atoms with Crippen molar-refractivity contribution < 1.29 is 9.53 Å². The topological polar surface area (TPSA) is 64.4 Å². The Hall–Kier alpha value is -0.610. The average molecular weight is 242 g/mol. The van der Waals surface area contributed by atoms with Gasteiger partial charge in [0.25, 0.3) is 0 Å². The third-order valence-electron chi connectivity index (χ3n) is 3.48. The van der Waals surface area contributed by atoms with Gasteiger partial charge in [-0.3, -0.25) is 4.79 Å². The van der Waals surface area contributed by atoms with Crippen molar-refractivity contribution in [3.8, 4) is 0 Å². The molecule has 0 spiro atoms. The zero-order valence-corrected chi connectivity index (χ0v) is 11.1. The molecular formula is C13H26N2O2. The first-order valence-corrected chi connectivity index (χ1v) is 6.76. The van der Waals surface area contributed by atoms with Crippen LogP contribution in [0.1, 0.15) is 46.0 Å². The van der Waals surface area contributed by atoms with Gasteiger partial charge in [-0.2, -0.15) is 0 Å². The first kappa shape index (κ1) is 14.5. The van der Waals surface area contributed by atoms with Crippen molar-refractivity contribution in [3.63, 3.8) is 0 Å². The molecule has 1 saturated carbocycles. The minimum Gasteiger partial charge on any atom is -0.378 e. The summed E-state index contributed by atoms with van der Waals surface area (Å²) >= 11 is 0. The van der Waals surface area contributed by atoms with Crippen LogP contribution in [-0.4, -0.2) is 31.2 Å². The molecule has 0 saturated heterocycles. The minimum atomic E-state index is -0.120. The normalized spacial score (nSPS) is 20.2. The molecule has 0 radical (unpaired) electrons. The lowest BCUT2D eigenvalue weighted by Crippen LogP contribution is -2.39. The molecule has 2 atom stereocenters. The smallest absolute Gasteiger partial charge is 0.224 e. The fourth-order valence-corrected chi connectivity index (χ4v) is 1.99. The standard InChI is InChI=1S/C13H26N2O2/c1-10(11(2)14)13(16)15-8-5-9-17-12-6-3-4-7-12/h10-12H,3-9,14H2,1-2H3,(H,15,16). The van der Waals surface area contributed by atoms with Crippen LogP contribution in [0.2, 0.25) is 0 Å². The molecule has 0 bridgehead atoms. The lowest BCUT2D eigenvalue weighted by atomic mass is 10.0. The summed E-state index contributed by atoms with van der Waals surface area (Å²) < 4.78 is 5.72. The summed E-state index contributed by atoms with van der Waals surface area (Å²) in [5.41, 5.74) is 5.66. The van der Waals surface area contributed by atoms with E-state index in [-0.39, 0.29) is 17.9 Å². The van der Waals surface area contributed by atoms with Gasteiger partial charge in [0.15, 0.2) is 0 Å². The number of hydrogen-bond acceptors (Lipinski definition) is 3. The molecule has 0 aliphatic heterocycles. The van der Waals surface area contributed by atoms with Crippen molar-refractivity contribution in [2.75, 3.05) is 13.2 Å². The molecule has 1 fully saturated rings. The van der Waals surface area contributed by atoms with Gasteiger partial charge in [0.2, 0.25) is 5.91 Å². The first-order valence-electron chi connectivity index (χ1n) is 6.76. The zero-order valence-electron chi connectivity index (χ0n) is 11.1. The predicted molar refractivity (Wildman–Crippen MR) is 68.6 cm³/mol. The van der Waals surface area contributed by atoms with Crippen LogP contribution in [0.5, 0.6) is 0 Å². The molecule has 0 aromatic carbocycles. The van der Waals surface area contributed by atoms with Gasteiger partial charge < -0.3 is 15.8 Å². The number of nitrogens with one attached hydrogen (secondary N) is 1. The van der Waals surface area contributed by atoms with Gasteiger partial charge in [-0.1, -0.05) is 19.8 Å². The fourth-order valence-electron chi connectivity index (χ4n) is 1.99. The molecule has 0 heterocycles. The Bertz CT molecular complexity index is 225. The second-order valence-electron chi connectivity index (χ2n) is 5.07. The van der Waals surface area contributed by atoms with Crippen molar-refractivity contribution >= 4 is 5.91 Å². The van der Waals surface area contributed by atoms with Crippen LogP contribution >= 0.6 is 0 Å². The molecule has 17 heavy (non-hydrogen) atoms. The van der Waals surface area contributed by atoms with Crippen LogP contribution in [0.3, 0.4) is 0 Å². The molecule has 100 valence electrons. The number of carbonyl (C=O) groups is 1. The van der Waals surface area contributed by atoms with Crippen LogP contribution in [0.4, 0.5) is 0 Å². The van der Waals surface area contributed by atoms with E-state index in [9.17, 15) is 4.79 Å². The highest BCUT2D eigenvalue weighted by Gasteiger charge is 2.17. The largest absolute Gasteiger partial charge is 0.378 e. The summed E-state index contributed by atoms with van der Waals surface area (Å²) in [7, 11) is 0. The van der Waals surface area contributed by atoms with E-state index in [4.69, 9.17) is 10.5 Å². The molecule has 4 nitrogen and oxygen atoms in total. The maximum atomic E-state index is 11.6. The Morgan fingerprint density at radius 3 is 2.65 bits per heavy atom. The van der Waals surface area contributed by atoms with Gasteiger partial charge in [-0.05, 0) is 26.2 Å². The number of rotatable bonds is 7. The van der Waals surface area contributed by atoms with Gasteiger partial charge in [-0.15, -0.1) is 0 Å². The van der Waals surface area contributed by atoms with Crippen LogP contribution in [0, 0.1) is 5.92 Å². The molecule has 0 aromatic rings. The zero-order chi connectivity index (χ0) is 12.7. The average Bonchev–Trinajstić information content (AvgIpc) is 2.80. The minimum absolute atomic E-state index is 0.0425. The monoisotopic (exact) mass is 242 g/mol.